The Morgan fingerprint density at radius 3 is 2.35 bits per heavy atom. The lowest BCUT2D eigenvalue weighted by Gasteiger charge is -2.24. The fourth-order valence-electron chi connectivity index (χ4n) is 2.10. The number of amides is 2. The predicted molar refractivity (Wildman–Crippen MR) is 84.1 cm³/mol. The van der Waals surface area contributed by atoms with Gasteiger partial charge in [0.05, 0.1) is 6.54 Å². The Labute approximate surface area is 133 Å². The van der Waals surface area contributed by atoms with Crippen molar-refractivity contribution in [3.63, 3.8) is 0 Å². The van der Waals surface area contributed by atoms with Crippen molar-refractivity contribution in [1.82, 2.24) is 5.32 Å². The highest BCUT2D eigenvalue weighted by molar-refractivity contribution is 5.90. The lowest BCUT2D eigenvalue weighted by atomic mass is 9.96. The number of carbonyl (C=O) groups excluding carboxylic acids is 1. The fourth-order valence-corrected chi connectivity index (χ4v) is 2.10. The smallest absolute Gasteiger partial charge is 0.319 e. The molecule has 2 aromatic carbocycles. The largest absolute Gasteiger partial charge is 0.384 e. The van der Waals surface area contributed by atoms with Crippen molar-refractivity contribution in [2.75, 3.05) is 11.9 Å². The first-order valence-electron chi connectivity index (χ1n) is 7.07. The van der Waals surface area contributed by atoms with Crippen LogP contribution in [0.2, 0.25) is 0 Å². The van der Waals surface area contributed by atoms with Crippen molar-refractivity contribution in [2.24, 2.45) is 0 Å². The third-order valence-electron chi connectivity index (χ3n) is 3.50. The Balaban J connectivity index is 1.96. The molecule has 122 valence electrons. The summed E-state index contributed by atoms with van der Waals surface area (Å²) in [6, 6.07) is 8.89. The first-order valence-corrected chi connectivity index (χ1v) is 7.07. The lowest BCUT2D eigenvalue weighted by molar-refractivity contribution is 0.0599. The molecule has 0 aromatic heterocycles. The Morgan fingerprint density at radius 2 is 1.74 bits per heavy atom. The van der Waals surface area contributed by atoms with E-state index in [4.69, 9.17) is 0 Å². The van der Waals surface area contributed by atoms with Gasteiger partial charge in [-0.25, -0.2) is 13.6 Å². The van der Waals surface area contributed by atoms with Crippen LogP contribution in [0.25, 0.3) is 0 Å². The van der Waals surface area contributed by atoms with Gasteiger partial charge in [0.25, 0.3) is 0 Å². The monoisotopic (exact) mass is 320 g/mol. The van der Waals surface area contributed by atoms with Crippen molar-refractivity contribution in [3.8, 4) is 0 Å². The van der Waals surface area contributed by atoms with Gasteiger partial charge < -0.3 is 15.7 Å². The van der Waals surface area contributed by atoms with E-state index in [1.807, 2.05) is 0 Å². The molecule has 0 fully saturated rings. The minimum absolute atomic E-state index is 0.0648. The van der Waals surface area contributed by atoms with Crippen LogP contribution in [0.15, 0.2) is 42.5 Å². The SMILES string of the molecule is Cc1cc(F)ccc1NC(=O)NCC(C)(O)c1ccc(F)cc1. The average molecular weight is 320 g/mol. The molecular formula is C17H18F2N2O2. The summed E-state index contributed by atoms with van der Waals surface area (Å²) in [4.78, 5) is 11.9. The molecule has 0 bridgehead atoms. The van der Waals surface area contributed by atoms with Crippen LogP contribution < -0.4 is 10.6 Å². The summed E-state index contributed by atoms with van der Waals surface area (Å²) in [5, 5.41) is 15.5. The van der Waals surface area contributed by atoms with Crippen molar-refractivity contribution in [1.29, 1.82) is 0 Å². The van der Waals surface area contributed by atoms with Gasteiger partial charge in [0.1, 0.15) is 17.2 Å². The van der Waals surface area contributed by atoms with E-state index in [-0.39, 0.29) is 12.4 Å². The molecule has 2 aromatic rings. The van der Waals surface area contributed by atoms with E-state index in [9.17, 15) is 18.7 Å². The van der Waals surface area contributed by atoms with Crippen molar-refractivity contribution < 1.29 is 18.7 Å². The summed E-state index contributed by atoms with van der Waals surface area (Å²) >= 11 is 0. The van der Waals surface area contributed by atoms with E-state index in [0.717, 1.165) is 0 Å². The molecule has 0 radical (unpaired) electrons. The zero-order valence-corrected chi connectivity index (χ0v) is 12.9. The molecule has 6 heteroatoms. The zero-order chi connectivity index (χ0) is 17.0. The predicted octanol–water partition coefficient (Wildman–Crippen LogP) is 3.30. The Morgan fingerprint density at radius 1 is 1.13 bits per heavy atom. The minimum Gasteiger partial charge on any atom is -0.384 e. The first-order chi connectivity index (χ1) is 10.8. The first kappa shape index (κ1) is 16.9. The fraction of sp³-hybridized carbons (Fsp3) is 0.235. The third-order valence-corrected chi connectivity index (χ3v) is 3.50. The molecule has 0 saturated carbocycles. The van der Waals surface area contributed by atoms with E-state index in [1.54, 1.807) is 6.92 Å². The number of aliphatic hydroxyl groups is 1. The molecule has 2 rings (SSSR count). The molecular weight excluding hydrogens is 302 g/mol. The number of rotatable bonds is 4. The van der Waals surface area contributed by atoms with Gasteiger partial charge in [-0.15, -0.1) is 0 Å². The van der Waals surface area contributed by atoms with Gasteiger partial charge in [-0.3, -0.25) is 0 Å². The molecule has 1 atom stereocenters. The molecule has 2 amide bonds. The highest BCUT2D eigenvalue weighted by atomic mass is 19.1. The Bertz CT molecular complexity index is 700. The van der Waals surface area contributed by atoms with E-state index in [1.165, 1.54) is 49.4 Å². The average Bonchev–Trinajstić information content (AvgIpc) is 2.49. The van der Waals surface area contributed by atoms with Crippen LogP contribution >= 0.6 is 0 Å². The van der Waals surface area contributed by atoms with Crippen molar-refractivity contribution >= 4 is 11.7 Å². The topological polar surface area (TPSA) is 61.4 Å². The number of nitrogens with one attached hydrogen (secondary N) is 2. The molecule has 0 spiro atoms. The van der Waals surface area contributed by atoms with E-state index in [0.29, 0.717) is 16.8 Å². The van der Waals surface area contributed by atoms with Crippen molar-refractivity contribution in [2.45, 2.75) is 19.4 Å². The highest BCUT2D eigenvalue weighted by Gasteiger charge is 2.23. The molecule has 3 N–H and O–H groups in total. The molecule has 0 aliphatic carbocycles. The second kappa shape index (κ2) is 6.75. The van der Waals surface area contributed by atoms with Gasteiger partial charge in [-0.05, 0) is 55.3 Å². The second-order valence-electron chi connectivity index (χ2n) is 5.55. The molecule has 0 aliphatic heterocycles. The maximum Gasteiger partial charge on any atom is 0.319 e. The van der Waals surface area contributed by atoms with E-state index in [2.05, 4.69) is 10.6 Å². The van der Waals surface area contributed by atoms with Crippen LogP contribution in [0.4, 0.5) is 19.3 Å². The highest BCUT2D eigenvalue weighted by Crippen LogP contribution is 2.20. The van der Waals surface area contributed by atoms with Gasteiger partial charge in [0.15, 0.2) is 0 Å². The Hall–Kier alpha value is -2.47. The van der Waals surface area contributed by atoms with Crippen LogP contribution in [0.5, 0.6) is 0 Å². The lowest BCUT2D eigenvalue weighted by Crippen LogP contribution is -2.40. The summed E-state index contributed by atoms with van der Waals surface area (Å²) in [6.07, 6.45) is 0. The Kier molecular flexibility index (Phi) is 4.95. The van der Waals surface area contributed by atoms with Gasteiger partial charge in [-0.2, -0.15) is 0 Å². The summed E-state index contributed by atoms with van der Waals surface area (Å²) in [7, 11) is 0. The van der Waals surface area contributed by atoms with Gasteiger partial charge in [0.2, 0.25) is 0 Å². The number of hydrogen-bond acceptors (Lipinski definition) is 2. The number of urea groups is 1. The van der Waals surface area contributed by atoms with Gasteiger partial charge in [0, 0.05) is 5.69 Å². The summed E-state index contributed by atoms with van der Waals surface area (Å²) < 4.78 is 25.9. The van der Waals surface area contributed by atoms with Crippen LogP contribution in [0.3, 0.4) is 0 Å². The normalized spacial score (nSPS) is 13.3. The number of hydrogen-bond donors (Lipinski definition) is 3. The summed E-state index contributed by atoms with van der Waals surface area (Å²) in [5.41, 5.74) is 0.205. The van der Waals surface area contributed by atoms with Gasteiger partial charge in [-0.1, -0.05) is 12.1 Å². The van der Waals surface area contributed by atoms with Gasteiger partial charge >= 0.3 is 6.03 Å². The van der Waals surface area contributed by atoms with E-state index >= 15 is 0 Å². The molecule has 4 nitrogen and oxygen atoms in total. The number of halogens is 2. The summed E-state index contributed by atoms with van der Waals surface area (Å²) in [5.74, 6) is -0.783. The third kappa shape index (κ3) is 4.50. The standard InChI is InChI=1S/C17H18F2N2O2/c1-11-9-14(19)7-8-15(11)21-16(22)20-10-17(2,23)12-3-5-13(18)6-4-12/h3-9,23H,10H2,1-2H3,(H2,20,21,22). The van der Waals surface area contributed by atoms with Crippen LogP contribution in [0, 0.1) is 18.6 Å². The molecule has 1 unspecified atom stereocenters. The molecule has 0 aliphatic rings. The number of anilines is 1. The summed E-state index contributed by atoms with van der Waals surface area (Å²) in [6.45, 7) is 3.13. The van der Waals surface area contributed by atoms with E-state index < -0.39 is 17.4 Å². The maximum atomic E-state index is 13.0. The molecule has 0 heterocycles. The zero-order valence-electron chi connectivity index (χ0n) is 12.9. The molecule has 23 heavy (non-hydrogen) atoms. The second-order valence-corrected chi connectivity index (χ2v) is 5.55. The molecule has 0 saturated heterocycles. The number of benzene rings is 2. The minimum atomic E-state index is -1.34. The van der Waals surface area contributed by atoms with Crippen LogP contribution in [0.1, 0.15) is 18.1 Å². The number of aryl methyl sites for hydroxylation is 1. The van der Waals surface area contributed by atoms with Crippen LogP contribution in [-0.4, -0.2) is 17.7 Å². The maximum absolute atomic E-state index is 13.0. The number of carbonyl (C=O) groups is 1. The van der Waals surface area contributed by atoms with Crippen LogP contribution in [-0.2, 0) is 5.60 Å². The quantitative estimate of drug-likeness (QED) is 0.809. The van der Waals surface area contributed by atoms with Crippen molar-refractivity contribution in [3.05, 3.63) is 65.2 Å².